The maximum atomic E-state index is 12.5. The van der Waals surface area contributed by atoms with Crippen LogP contribution >= 0.6 is 11.3 Å². The van der Waals surface area contributed by atoms with Gasteiger partial charge in [0.25, 0.3) is 5.91 Å². The lowest BCUT2D eigenvalue weighted by Gasteiger charge is -2.04. The molecule has 2 heterocycles. The predicted molar refractivity (Wildman–Crippen MR) is 92.6 cm³/mol. The highest BCUT2D eigenvalue weighted by Gasteiger charge is 2.17. The normalized spacial score (nSPS) is 10.8. The zero-order valence-corrected chi connectivity index (χ0v) is 14.4. The highest BCUT2D eigenvalue weighted by atomic mass is 32.1. The number of thiazole rings is 1. The van der Waals surface area contributed by atoms with E-state index in [9.17, 15) is 4.79 Å². The van der Waals surface area contributed by atoms with Crippen molar-refractivity contribution in [3.05, 3.63) is 57.9 Å². The standard InChI is InChI=1S/C17H18N4OS/c1-10-5-7-14(8-6-10)19-16(22)15-13(4)18-17(23-15)21-12(3)9-11(2)20-21/h5-9H,1-4H3,(H,19,22). The van der Waals surface area contributed by atoms with Gasteiger partial charge < -0.3 is 5.32 Å². The van der Waals surface area contributed by atoms with E-state index in [1.165, 1.54) is 11.3 Å². The molecule has 0 atom stereocenters. The Labute approximate surface area is 139 Å². The second-order valence-corrected chi connectivity index (χ2v) is 6.55. The summed E-state index contributed by atoms with van der Waals surface area (Å²) >= 11 is 1.35. The summed E-state index contributed by atoms with van der Waals surface area (Å²) in [6, 6.07) is 9.72. The van der Waals surface area contributed by atoms with Crippen LogP contribution in [0.5, 0.6) is 0 Å². The smallest absolute Gasteiger partial charge is 0.267 e. The molecule has 0 aliphatic heterocycles. The van der Waals surface area contributed by atoms with Gasteiger partial charge in [0.05, 0.1) is 11.4 Å². The summed E-state index contributed by atoms with van der Waals surface area (Å²) < 4.78 is 1.77. The number of anilines is 1. The molecule has 6 heteroatoms. The molecule has 3 aromatic rings. The Balaban J connectivity index is 1.87. The predicted octanol–water partition coefficient (Wildman–Crippen LogP) is 3.81. The van der Waals surface area contributed by atoms with Gasteiger partial charge in [-0.1, -0.05) is 29.0 Å². The summed E-state index contributed by atoms with van der Waals surface area (Å²) in [6.07, 6.45) is 0. The van der Waals surface area contributed by atoms with E-state index in [0.29, 0.717) is 15.7 Å². The fraction of sp³-hybridized carbons (Fsp3) is 0.235. The van der Waals surface area contributed by atoms with E-state index in [1.54, 1.807) is 4.68 Å². The zero-order valence-electron chi connectivity index (χ0n) is 13.5. The van der Waals surface area contributed by atoms with Gasteiger partial charge in [0.1, 0.15) is 4.88 Å². The molecule has 3 rings (SSSR count). The topological polar surface area (TPSA) is 59.8 Å². The van der Waals surface area contributed by atoms with E-state index in [1.807, 2.05) is 58.0 Å². The van der Waals surface area contributed by atoms with E-state index in [2.05, 4.69) is 15.4 Å². The maximum Gasteiger partial charge on any atom is 0.267 e. The van der Waals surface area contributed by atoms with Crippen molar-refractivity contribution >= 4 is 22.9 Å². The number of nitrogens with zero attached hydrogens (tertiary/aromatic N) is 3. The molecule has 0 spiro atoms. The number of carbonyl (C=O) groups is 1. The molecule has 0 saturated carbocycles. The molecule has 0 radical (unpaired) electrons. The van der Waals surface area contributed by atoms with Gasteiger partial charge in [0, 0.05) is 11.4 Å². The third-order valence-electron chi connectivity index (χ3n) is 3.49. The van der Waals surface area contributed by atoms with E-state index in [-0.39, 0.29) is 5.91 Å². The fourth-order valence-corrected chi connectivity index (χ4v) is 3.30. The Morgan fingerprint density at radius 1 is 1.13 bits per heavy atom. The minimum Gasteiger partial charge on any atom is -0.321 e. The van der Waals surface area contributed by atoms with Crippen molar-refractivity contribution < 1.29 is 4.79 Å². The molecule has 0 aliphatic rings. The van der Waals surface area contributed by atoms with Crippen LogP contribution in [-0.2, 0) is 0 Å². The Hall–Kier alpha value is -2.47. The van der Waals surface area contributed by atoms with Crippen LogP contribution in [0.25, 0.3) is 5.13 Å². The maximum absolute atomic E-state index is 12.5. The minimum atomic E-state index is -0.142. The van der Waals surface area contributed by atoms with Crippen LogP contribution in [0.15, 0.2) is 30.3 Å². The first kappa shape index (κ1) is 15.4. The molecule has 0 unspecified atom stereocenters. The van der Waals surface area contributed by atoms with Crippen LogP contribution in [0, 0.1) is 27.7 Å². The lowest BCUT2D eigenvalue weighted by Crippen LogP contribution is -2.11. The molecular formula is C17H18N4OS. The van der Waals surface area contributed by atoms with Crippen LogP contribution in [0.2, 0.25) is 0 Å². The SMILES string of the molecule is Cc1ccc(NC(=O)c2sc(-n3nc(C)cc3C)nc2C)cc1. The Kier molecular flexibility index (Phi) is 4.00. The monoisotopic (exact) mass is 326 g/mol. The van der Waals surface area contributed by atoms with E-state index < -0.39 is 0 Å². The first-order valence-electron chi connectivity index (χ1n) is 7.33. The van der Waals surface area contributed by atoms with Gasteiger partial charge in [-0.2, -0.15) is 5.10 Å². The molecule has 1 N–H and O–H groups in total. The van der Waals surface area contributed by atoms with Crippen molar-refractivity contribution in [3.63, 3.8) is 0 Å². The largest absolute Gasteiger partial charge is 0.321 e. The van der Waals surface area contributed by atoms with Crippen LogP contribution in [0.3, 0.4) is 0 Å². The van der Waals surface area contributed by atoms with Crippen LogP contribution in [-0.4, -0.2) is 20.7 Å². The zero-order chi connectivity index (χ0) is 16.6. The van der Waals surface area contributed by atoms with E-state index in [0.717, 1.165) is 22.6 Å². The van der Waals surface area contributed by atoms with Crippen molar-refractivity contribution in [1.29, 1.82) is 0 Å². The lowest BCUT2D eigenvalue weighted by atomic mass is 10.2. The molecule has 0 fully saturated rings. The number of nitrogens with one attached hydrogen (secondary N) is 1. The molecule has 0 saturated heterocycles. The van der Waals surface area contributed by atoms with E-state index in [4.69, 9.17) is 0 Å². The Morgan fingerprint density at radius 2 is 1.83 bits per heavy atom. The summed E-state index contributed by atoms with van der Waals surface area (Å²) in [5.74, 6) is -0.142. The van der Waals surface area contributed by atoms with Crippen molar-refractivity contribution in [2.24, 2.45) is 0 Å². The summed E-state index contributed by atoms with van der Waals surface area (Å²) in [4.78, 5) is 17.6. The molecule has 1 amide bonds. The number of aromatic nitrogens is 3. The summed E-state index contributed by atoms with van der Waals surface area (Å²) in [5, 5.41) is 8.04. The van der Waals surface area contributed by atoms with Gasteiger partial charge in [0.15, 0.2) is 0 Å². The summed E-state index contributed by atoms with van der Waals surface area (Å²) in [7, 11) is 0. The number of hydrogen-bond acceptors (Lipinski definition) is 4. The first-order chi connectivity index (χ1) is 10.9. The van der Waals surface area contributed by atoms with Gasteiger partial charge in [-0.05, 0) is 45.9 Å². The number of aryl methyl sites for hydroxylation is 4. The molecule has 1 aromatic carbocycles. The van der Waals surface area contributed by atoms with Gasteiger partial charge in [-0.15, -0.1) is 0 Å². The second kappa shape index (κ2) is 5.96. The van der Waals surface area contributed by atoms with E-state index >= 15 is 0 Å². The molecule has 0 aliphatic carbocycles. The van der Waals surface area contributed by atoms with Crippen LogP contribution in [0.1, 0.15) is 32.3 Å². The molecular weight excluding hydrogens is 308 g/mol. The third kappa shape index (κ3) is 3.17. The number of benzene rings is 1. The molecule has 118 valence electrons. The van der Waals surface area contributed by atoms with Gasteiger partial charge in [0.2, 0.25) is 5.13 Å². The van der Waals surface area contributed by atoms with Gasteiger partial charge in [-0.3, -0.25) is 4.79 Å². The summed E-state index contributed by atoms with van der Waals surface area (Å²) in [6.45, 7) is 7.77. The molecule has 23 heavy (non-hydrogen) atoms. The van der Waals surface area contributed by atoms with Crippen molar-refractivity contribution in [2.45, 2.75) is 27.7 Å². The van der Waals surface area contributed by atoms with Gasteiger partial charge >= 0.3 is 0 Å². The fourth-order valence-electron chi connectivity index (χ4n) is 2.33. The Morgan fingerprint density at radius 3 is 2.43 bits per heavy atom. The van der Waals surface area contributed by atoms with Crippen molar-refractivity contribution in [3.8, 4) is 5.13 Å². The number of carbonyl (C=O) groups excluding carboxylic acids is 1. The third-order valence-corrected chi connectivity index (χ3v) is 4.62. The molecule has 5 nitrogen and oxygen atoms in total. The van der Waals surface area contributed by atoms with Crippen LogP contribution in [0.4, 0.5) is 5.69 Å². The number of rotatable bonds is 3. The highest BCUT2D eigenvalue weighted by molar-refractivity contribution is 7.16. The Bertz CT molecular complexity index is 861. The molecule has 0 bridgehead atoms. The van der Waals surface area contributed by atoms with Gasteiger partial charge in [-0.25, -0.2) is 9.67 Å². The average Bonchev–Trinajstić information content (AvgIpc) is 3.03. The van der Waals surface area contributed by atoms with Crippen molar-refractivity contribution in [1.82, 2.24) is 14.8 Å². The number of amides is 1. The highest BCUT2D eigenvalue weighted by Crippen LogP contribution is 2.24. The van der Waals surface area contributed by atoms with Crippen molar-refractivity contribution in [2.75, 3.05) is 5.32 Å². The number of hydrogen-bond donors (Lipinski definition) is 1. The quantitative estimate of drug-likeness (QED) is 0.796. The average molecular weight is 326 g/mol. The lowest BCUT2D eigenvalue weighted by molar-refractivity contribution is 0.103. The molecule has 2 aromatic heterocycles. The first-order valence-corrected chi connectivity index (χ1v) is 8.15. The second-order valence-electron chi connectivity index (χ2n) is 5.57. The van der Waals surface area contributed by atoms with Crippen LogP contribution < -0.4 is 5.32 Å². The minimum absolute atomic E-state index is 0.142. The summed E-state index contributed by atoms with van der Waals surface area (Å²) in [5.41, 5.74) is 4.58.